The van der Waals surface area contributed by atoms with Crippen molar-refractivity contribution in [2.75, 3.05) is 25.1 Å². The lowest BCUT2D eigenvalue weighted by molar-refractivity contribution is 0.311. The zero-order valence-electron chi connectivity index (χ0n) is 10.6. The van der Waals surface area contributed by atoms with E-state index in [1.165, 1.54) is 0 Å². The zero-order valence-corrected chi connectivity index (χ0v) is 10.6. The van der Waals surface area contributed by atoms with Crippen molar-refractivity contribution in [3.05, 3.63) is 36.3 Å². The minimum Gasteiger partial charge on any atom is -0.490 e. The Balaban J connectivity index is 2.06. The Morgan fingerprint density at radius 2 is 2.17 bits per heavy atom. The number of aryl methyl sites for hydroxylation is 1. The third kappa shape index (κ3) is 1.90. The van der Waals surface area contributed by atoms with E-state index in [0.717, 1.165) is 41.7 Å². The van der Waals surface area contributed by atoms with Gasteiger partial charge in [0.2, 0.25) is 0 Å². The lowest BCUT2D eigenvalue weighted by Gasteiger charge is -2.28. The quantitative estimate of drug-likeness (QED) is 0.767. The topological polar surface area (TPSA) is 38.2 Å². The Kier molecular flexibility index (Phi) is 2.63. The molecule has 1 aliphatic rings. The summed E-state index contributed by atoms with van der Waals surface area (Å²) in [4.78, 5) is 10.8. The van der Waals surface area contributed by atoms with Gasteiger partial charge in [0.05, 0.1) is 17.9 Å². The summed E-state index contributed by atoms with van der Waals surface area (Å²) >= 11 is 0. The van der Waals surface area contributed by atoms with Crippen molar-refractivity contribution >= 4 is 5.69 Å². The summed E-state index contributed by atoms with van der Waals surface area (Å²) in [5.74, 6) is 1.73. The minimum absolute atomic E-state index is 0.745. The number of ether oxygens (including phenoxy) is 1. The Bertz CT molecular complexity index is 583. The predicted molar refractivity (Wildman–Crippen MR) is 71.0 cm³/mol. The van der Waals surface area contributed by atoms with E-state index in [2.05, 4.69) is 28.0 Å². The number of nitrogens with zero attached hydrogens (tertiary/aromatic N) is 3. The average Bonchev–Trinajstić information content (AvgIpc) is 2.39. The number of benzene rings is 1. The molecule has 1 aromatic carbocycles. The van der Waals surface area contributed by atoms with Gasteiger partial charge >= 0.3 is 0 Å². The molecule has 0 amide bonds. The van der Waals surface area contributed by atoms with Crippen LogP contribution < -0.4 is 9.64 Å². The maximum absolute atomic E-state index is 5.63. The zero-order chi connectivity index (χ0) is 12.5. The predicted octanol–water partition coefficient (Wildman–Crippen LogP) is 2.28. The van der Waals surface area contributed by atoms with E-state index in [1.807, 2.05) is 25.1 Å². The number of hydrogen-bond acceptors (Lipinski definition) is 4. The summed E-state index contributed by atoms with van der Waals surface area (Å²) in [5.41, 5.74) is 3.16. The first-order valence-electron chi connectivity index (χ1n) is 6.02. The molecule has 0 aliphatic carbocycles. The van der Waals surface area contributed by atoms with Crippen LogP contribution in [0.25, 0.3) is 11.3 Å². The van der Waals surface area contributed by atoms with E-state index in [1.54, 1.807) is 6.20 Å². The van der Waals surface area contributed by atoms with Gasteiger partial charge in [-0.05, 0) is 31.2 Å². The van der Waals surface area contributed by atoms with Gasteiger partial charge in [-0.1, -0.05) is 0 Å². The molecule has 0 fully saturated rings. The van der Waals surface area contributed by atoms with E-state index in [-0.39, 0.29) is 0 Å². The van der Waals surface area contributed by atoms with Gasteiger partial charge in [-0.15, -0.1) is 0 Å². The van der Waals surface area contributed by atoms with Gasteiger partial charge in [-0.25, -0.2) is 9.97 Å². The van der Waals surface area contributed by atoms with Crippen LogP contribution in [-0.2, 0) is 0 Å². The number of hydrogen-bond donors (Lipinski definition) is 0. The van der Waals surface area contributed by atoms with Crippen LogP contribution in [0.1, 0.15) is 5.82 Å². The highest BCUT2D eigenvalue weighted by Crippen LogP contribution is 2.34. The monoisotopic (exact) mass is 241 g/mol. The molecule has 0 bridgehead atoms. The van der Waals surface area contributed by atoms with Crippen molar-refractivity contribution in [1.82, 2.24) is 9.97 Å². The molecule has 2 aromatic rings. The highest BCUT2D eigenvalue weighted by Gasteiger charge is 2.15. The fourth-order valence-electron chi connectivity index (χ4n) is 2.13. The molecule has 0 atom stereocenters. The van der Waals surface area contributed by atoms with Crippen LogP contribution in [0.5, 0.6) is 5.75 Å². The van der Waals surface area contributed by atoms with Crippen molar-refractivity contribution in [3.8, 4) is 17.0 Å². The fourth-order valence-corrected chi connectivity index (χ4v) is 2.13. The van der Waals surface area contributed by atoms with Gasteiger partial charge in [0.25, 0.3) is 0 Å². The van der Waals surface area contributed by atoms with Gasteiger partial charge in [-0.3, -0.25) is 0 Å². The highest BCUT2D eigenvalue weighted by atomic mass is 16.5. The SMILES string of the molecule is Cc1nccc(-c2ccc3c(c2)N(C)CCO3)n1. The van der Waals surface area contributed by atoms with Crippen molar-refractivity contribution in [1.29, 1.82) is 0 Å². The molecule has 2 heterocycles. The van der Waals surface area contributed by atoms with Crippen LogP contribution in [0, 0.1) is 6.92 Å². The molecular formula is C14H15N3O. The van der Waals surface area contributed by atoms with Gasteiger partial charge < -0.3 is 9.64 Å². The van der Waals surface area contributed by atoms with Crippen molar-refractivity contribution in [2.45, 2.75) is 6.92 Å². The summed E-state index contributed by atoms with van der Waals surface area (Å²) in [6, 6.07) is 8.10. The summed E-state index contributed by atoms with van der Waals surface area (Å²) in [5, 5.41) is 0. The van der Waals surface area contributed by atoms with E-state index >= 15 is 0 Å². The number of likely N-dealkylation sites (N-methyl/N-ethyl adjacent to an activating group) is 1. The van der Waals surface area contributed by atoms with Crippen LogP contribution >= 0.6 is 0 Å². The molecule has 92 valence electrons. The lowest BCUT2D eigenvalue weighted by Crippen LogP contribution is -2.28. The smallest absolute Gasteiger partial charge is 0.142 e. The summed E-state index contributed by atoms with van der Waals surface area (Å²) in [6.07, 6.45) is 1.79. The molecule has 3 rings (SSSR count). The number of anilines is 1. The second-order valence-electron chi connectivity index (χ2n) is 4.44. The fraction of sp³-hybridized carbons (Fsp3) is 0.286. The van der Waals surface area contributed by atoms with Crippen LogP contribution in [0.4, 0.5) is 5.69 Å². The second kappa shape index (κ2) is 4.29. The van der Waals surface area contributed by atoms with E-state index < -0.39 is 0 Å². The highest BCUT2D eigenvalue weighted by molar-refractivity contribution is 5.71. The third-order valence-electron chi connectivity index (χ3n) is 3.13. The first kappa shape index (κ1) is 11.0. The van der Waals surface area contributed by atoms with Crippen molar-refractivity contribution in [2.24, 2.45) is 0 Å². The van der Waals surface area contributed by atoms with Crippen LogP contribution in [0.15, 0.2) is 30.5 Å². The molecule has 4 nitrogen and oxygen atoms in total. The molecular weight excluding hydrogens is 226 g/mol. The Labute approximate surface area is 106 Å². The second-order valence-corrected chi connectivity index (χ2v) is 4.44. The van der Waals surface area contributed by atoms with Crippen molar-refractivity contribution in [3.63, 3.8) is 0 Å². The Hall–Kier alpha value is -2.10. The van der Waals surface area contributed by atoms with E-state index in [9.17, 15) is 0 Å². The molecule has 0 saturated heterocycles. The maximum atomic E-state index is 5.63. The molecule has 4 heteroatoms. The molecule has 0 spiro atoms. The van der Waals surface area contributed by atoms with Crippen LogP contribution in [0.2, 0.25) is 0 Å². The first-order chi connectivity index (χ1) is 8.74. The minimum atomic E-state index is 0.745. The number of rotatable bonds is 1. The number of fused-ring (bicyclic) bond motifs is 1. The standard InChI is InChI=1S/C14H15N3O/c1-10-15-6-5-12(16-10)11-3-4-14-13(9-11)17(2)7-8-18-14/h3-6,9H,7-8H2,1-2H3. The van der Waals surface area contributed by atoms with Gasteiger partial charge in [0, 0.05) is 18.8 Å². The van der Waals surface area contributed by atoms with Crippen LogP contribution in [0.3, 0.4) is 0 Å². The maximum Gasteiger partial charge on any atom is 0.142 e. The van der Waals surface area contributed by atoms with Crippen molar-refractivity contribution < 1.29 is 4.74 Å². The van der Waals surface area contributed by atoms with Gasteiger partial charge in [0.15, 0.2) is 0 Å². The molecule has 18 heavy (non-hydrogen) atoms. The first-order valence-corrected chi connectivity index (χ1v) is 6.02. The summed E-state index contributed by atoms with van der Waals surface area (Å²) in [7, 11) is 2.08. The Morgan fingerprint density at radius 1 is 1.28 bits per heavy atom. The molecule has 0 radical (unpaired) electrons. The molecule has 1 aliphatic heterocycles. The molecule has 1 aromatic heterocycles. The largest absolute Gasteiger partial charge is 0.490 e. The van der Waals surface area contributed by atoms with Gasteiger partial charge in [0.1, 0.15) is 18.2 Å². The molecule has 0 N–H and O–H groups in total. The normalized spacial score (nSPS) is 14.0. The Morgan fingerprint density at radius 3 is 3.00 bits per heavy atom. The lowest BCUT2D eigenvalue weighted by atomic mass is 10.1. The van der Waals surface area contributed by atoms with Gasteiger partial charge in [-0.2, -0.15) is 0 Å². The molecule has 0 saturated carbocycles. The average molecular weight is 241 g/mol. The van der Waals surface area contributed by atoms with Crippen LogP contribution in [-0.4, -0.2) is 30.2 Å². The van der Waals surface area contributed by atoms with E-state index in [0.29, 0.717) is 0 Å². The van der Waals surface area contributed by atoms with E-state index in [4.69, 9.17) is 4.74 Å². The number of aromatic nitrogens is 2. The summed E-state index contributed by atoms with van der Waals surface area (Å²) in [6.45, 7) is 3.56. The third-order valence-corrected chi connectivity index (χ3v) is 3.13. The summed E-state index contributed by atoms with van der Waals surface area (Å²) < 4.78 is 5.63. The molecule has 0 unspecified atom stereocenters.